The first-order valence-corrected chi connectivity index (χ1v) is 5.84. The highest BCUT2D eigenvalue weighted by molar-refractivity contribution is 5.79. The summed E-state index contributed by atoms with van der Waals surface area (Å²) in [5.41, 5.74) is -0.483. The normalized spacial score (nSPS) is 22.3. The van der Waals surface area contributed by atoms with E-state index >= 15 is 0 Å². The molecule has 1 aliphatic rings. The lowest BCUT2D eigenvalue weighted by molar-refractivity contribution is -0.156. The minimum Gasteiger partial charge on any atom is -0.479 e. The van der Waals surface area contributed by atoms with Crippen LogP contribution in [0.4, 0.5) is 4.79 Å². The Morgan fingerprint density at radius 2 is 2.11 bits per heavy atom. The summed E-state index contributed by atoms with van der Waals surface area (Å²) in [7, 11) is 0. The van der Waals surface area contributed by atoms with Gasteiger partial charge in [0.15, 0.2) is 5.60 Å². The van der Waals surface area contributed by atoms with Gasteiger partial charge in [-0.25, -0.2) is 9.59 Å². The van der Waals surface area contributed by atoms with Gasteiger partial charge in [0.2, 0.25) is 0 Å². The summed E-state index contributed by atoms with van der Waals surface area (Å²) in [4.78, 5) is 24.0. The van der Waals surface area contributed by atoms with Gasteiger partial charge in [0.1, 0.15) is 13.3 Å². The van der Waals surface area contributed by atoms with Crippen LogP contribution in [0.2, 0.25) is 0 Å². The van der Waals surface area contributed by atoms with Gasteiger partial charge in [0, 0.05) is 0 Å². The number of carbonyl (C=O) groups excluding carboxylic acids is 1. The van der Waals surface area contributed by atoms with Crippen LogP contribution >= 0.6 is 0 Å². The molecular weight excluding hydrogens is 250 g/mol. The minimum absolute atomic E-state index is 0.0179. The Morgan fingerprint density at radius 1 is 1.42 bits per heavy atom. The molecule has 1 N–H and O–H groups in total. The Hall–Kier alpha value is -2.08. The molecule has 1 fully saturated rings. The maximum atomic E-state index is 11.8. The number of carboxylic acids is 1. The molecule has 6 heteroatoms. The molecule has 0 saturated carbocycles. The summed E-state index contributed by atoms with van der Waals surface area (Å²) in [5.74, 6) is -1.09. The van der Waals surface area contributed by atoms with E-state index in [1.165, 1.54) is 11.8 Å². The van der Waals surface area contributed by atoms with Gasteiger partial charge in [-0.15, -0.1) is 0 Å². The van der Waals surface area contributed by atoms with Gasteiger partial charge < -0.3 is 14.6 Å². The van der Waals surface area contributed by atoms with Crippen molar-refractivity contribution in [3.63, 3.8) is 0 Å². The van der Waals surface area contributed by atoms with E-state index < -0.39 is 17.7 Å². The number of benzene rings is 1. The first-order chi connectivity index (χ1) is 9.01. The number of hydrogen-bond donors (Lipinski definition) is 1. The van der Waals surface area contributed by atoms with Gasteiger partial charge in [-0.1, -0.05) is 30.3 Å². The molecule has 0 radical (unpaired) electrons. The summed E-state index contributed by atoms with van der Waals surface area (Å²) < 4.78 is 10.2. The van der Waals surface area contributed by atoms with Crippen LogP contribution in [-0.2, 0) is 20.9 Å². The largest absolute Gasteiger partial charge is 0.479 e. The van der Waals surface area contributed by atoms with Crippen LogP contribution in [0.5, 0.6) is 0 Å². The lowest BCUT2D eigenvalue weighted by Crippen LogP contribution is -2.41. The Bertz CT molecular complexity index is 475. The van der Waals surface area contributed by atoms with E-state index in [9.17, 15) is 9.59 Å². The maximum Gasteiger partial charge on any atom is 0.412 e. The molecule has 1 heterocycles. The standard InChI is InChI=1S/C13H15NO5/c1-13(11(15)16)8-14(9-19-13)12(17)18-7-10-5-3-2-4-6-10/h2-6H,7-9H2,1H3,(H,15,16). The van der Waals surface area contributed by atoms with Gasteiger partial charge >= 0.3 is 12.1 Å². The van der Waals surface area contributed by atoms with Crippen molar-refractivity contribution >= 4 is 12.1 Å². The van der Waals surface area contributed by atoms with Crippen LogP contribution in [-0.4, -0.2) is 40.9 Å². The van der Waals surface area contributed by atoms with Gasteiger partial charge in [-0.3, -0.25) is 4.90 Å². The molecule has 19 heavy (non-hydrogen) atoms. The molecule has 1 saturated heterocycles. The molecule has 1 unspecified atom stereocenters. The van der Waals surface area contributed by atoms with Crippen molar-refractivity contribution in [2.24, 2.45) is 0 Å². The molecule has 0 bridgehead atoms. The molecule has 102 valence electrons. The predicted molar refractivity (Wildman–Crippen MR) is 65.3 cm³/mol. The maximum absolute atomic E-state index is 11.8. The van der Waals surface area contributed by atoms with E-state index in [-0.39, 0.29) is 19.9 Å². The van der Waals surface area contributed by atoms with Crippen molar-refractivity contribution in [3.8, 4) is 0 Å². The average molecular weight is 265 g/mol. The topological polar surface area (TPSA) is 76.1 Å². The van der Waals surface area contributed by atoms with E-state index in [1.54, 1.807) is 0 Å². The molecule has 1 aromatic rings. The van der Waals surface area contributed by atoms with E-state index in [2.05, 4.69) is 0 Å². The first kappa shape index (κ1) is 13.4. The van der Waals surface area contributed by atoms with Gasteiger partial charge in [0.05, 0.1) is 6.54 Å². The van der Waals surface area contributed by atoms with Crippen LogP contribution in [0, 0.1) is 0 Å². The Balaban J connectivity index is 1.87. The summed E-state index contributed by atoms with van der Waals surface area (Å²) in [6.45, 7) is 1.49. The monoisotopic (exact) mass is 265 g/mol. The van der Waals surface area contributed by atoms with Crippen LogP contribution < -0.4 is 0 Å². The van der Waals surface area contributed by atoms with Crippen molar-refractivity contribution in [3.05, 3.63) is 35.9 Å². The highest BCUT2D eigenvalue weighted by atomic mass is 16.6. The van der Waals surface area contributed by atoms with Crippen LogP contribution in [0.15, 0.2) is 30.3 Å². The van der Waals surface area contributed by atoms with Crippen molar-refractivity contribution in [1.82, 2.24) is 4.90 Å². The van der Waals surface area contributed by atoms with Gasteiger partial charge in [-0.05, 0) is 12.5 Å². The smallest absolute Gasteiger partial charge is 0.412 e. The summed E-state index contributed by atoms with van der Waals surface area (Å²) in [5, 5.41) is 8.98. The highest BCUT2D eigenvalue weighted by Gasteiger charge is 2.44. The second kappa shape index (κ2) is 5.27. The van der Waals surface area contributed by atoms with E-state index in [0.717, 1.165) is 5.56 Å². The zero-order valence-electron chi connectivity index (χ0n) is 10.5. The second-order valence-electron chi connectivity index (χ2n) is 4.55. The number of hydrogen-bond acceptors (Lipinski definition) is 4. The van der Waals surface area contributed by atoms with Crippen LogP contribution in [0.1, 0.15) is 12.5 Å². The fourth-order valence-electron chi connectivity index (χ4n) is 1.73. The Labute approximate surface area is 110 Å². The van der Waals surface area contributed by atoms with E-state index in [4.69, 9.17) is 14.6 Å². The van der Waals surface area contributed by atoms with E-state index in [1.807, 2.05) is 30.3 Å². The quantitative estimate of drug-likeness (QED) is 0.895. The molecule has 1 aliphatic heterocycles. The summed E-state index contributed by atoms with van der Waals surface area (Å²) >= 11 is 0. The zero-order chi connectivity index (χ0) is 13.9. The highest BCUT2D eigenvalue weighted by Crippen LogP contribution is 2.21. The lowest BCUT2D eigenvalue weighted by Gasteiger charge is -2.17. The van der Waals surface area contributed by atoms with Gasteiger partial charge in [-0.2, -0.15) is 0 Å². The van der Waals surface area contributed by atoms with Gasteiger partial charge in [0.25, 0.3) is 0 Å². The number of carbonyl (C=O) groups is 2. The number of nitrogens with zero attached hydrogens (tertiary/aromatic N) is 1. The molecule has 0 aliphatic carbocycles. The zero-order valence-corrected chi connectivity index (χ0v) is 10.5. The van der Waals surface area contributed by atoms with Crippen molar-refractivity contribution in [1.29, 1.82) is 0 Å². The SMILES string of the molecule is CC1(C(=O)O)CN(C(=O)OCc2ccccc2)CO1. The average Bonchev–Trinajstić information content (AvgIpc) is 2.81. The number of carboxylic acid groups (broad SMARTS) is 1. The number of amides is 1. The fourth-order valence-corrected chi connectivity index (χ4v) is 1.73. The lowest BCUT2D eigenvalue weighted by atomic mass is 10.1. The fraction of sp³-hybridized carbons (Fsp3) is 0.385. The third kappa shape index (κ3) is 3.03. The Kier molecular flexibility index (Phi) is 3.71. The summed E-state index contributed by atoms with van der Waals surface area (Å²) in [6, 6.07) is 9.26. The molecule has 1 atom stereocenters. The molecule has 0 aromatic heterocycles. The molecule has 2 rings (SSSR count). The van der Waals surface area contributed by atoms with Crippen LogP contribution in [0.25, 0.3) is 0 Å². The van der Waals surface area contributed by atoms with Crippen LogP contribution in [0.3, 0.4) is 0 Å². The molecule has 6 nitrogen and oxygen atoms in total. The molecule has 1 amide bonds. The minimum atomic E-state index is -1.36. The third-order valence-electron chi connectivity index (χ3n) is 2.95. The van der Waals surface area contributed by atoms with Crippen molar-refractivity contribution < 1.29 is 24.2 Å². The summed E-state index contributed by atoms with van der Waals surface area (Å²) in [6.07, 6.45) is -0.575. The molecule has 0 spiro atoms. The third-order valence-corrected chi connectivity index (χ3v) is 2.95. The second-order valence-corrected chi connectivity index (χ2v) is 4.55. The first-order valence-electron chi connectivity index (χ1n) is 5.84. The number of rotatable bonds is 3. The van der Waals surface area contributed by atoms with Crippen molar-refractivity contribution in [2.75, 3.05) is 13.3 Å². The van der Waals surface area contributed by atoms with E-state index in [0.29, 0.717) is 0 Å². The predicted octanol–water partition coefficient (Wildman–Crippen LogP) is 1.46. The van der Waals surface area contributed by atoms with Crippen molar-refractivity contribution in [2.45, 2.75) is 19.1 Å². The Morgan fingerprint density at radius 3 is 2.68 bits per heavy atom. The number of aliphatic carboxylic acids is 1. The molecule has 1 aromatic carbocycles. The number of ether oxygens (including phenoxy) is 2. The molecular formula is C13H15NO5.